The summed E-state index contributed by atoms with van der Waals surface area (Å²) in [7, 11) is 0. The summed E-state index contributed by atoms with van der Waals surface area (Å²) in [5, 5.41) is 11.7. The summed E-state index contributed by atoms with van der Waals surface area (Å²) in [6, 6.07) is 4.37. The number of hydrogen-bond acceptors (Lipinski definition) is 3. The molecule has 0 fully saturated rings. The maximum Gasteiger partial charge on any atom is 0.336 e. The molecular weight excluding hydrogens is 340 g/mol. The Labute approximate surface area is 132 Å². The number of anilines is 1. The van der Waals surface area contributed by atoms with Crippen molar-refractivity contribution in [3.05, 3.63) is 28.2 Å². The minimum absolute atomic E-state index is 0.102. The van der Waals surface area contributed by atoms with Gasteiger partial charge in [-0.2, -0.15) is 0 Å². The van der Waals surface area contributed by atoms with Gasteiger partial charge in [0.1, 0.15) is 0 Å². The summed E-state index contributed by atoms with van der Waals surface area (Å²) in [5.41, 5.74) is 0.542. The van der Waals surface area contributed by atoms with Gasteiger partial charge in [-0.1, -0.05) is 0 Å². The van der Waals surface area contributed by atoms with Crippen molar-refractivity contribution in [3.63, 3.8) is 0 Å². The second kappa shape index (κ2) is 8.63. The van der Waals surface area contributed by atoms with Crippen LogP contribution in [0.2, 0.25) is 0 Å². The third-order valence-corrected chi connectivity index (χ3v) is 3.52. The van der Waals surface area contributed by atoms with Gasteiger partial charge in [-0.05, 0) is 48.0 Å². The van der Waals surface area contributed by atoms with E-state index in [9.17, 15) is 9.59 Å². The van der Waals surface area contributed by atoms with Gasteiger partial charge in [0.2, 0.25) is 0 Å². The molecular formula is C14H19BrN2O4. The SMILES string of the molecule is CCOCCN(CC)C(=O)Nc1ccc(Br)c(C(=O)O)c1. The monoisotopic (exact) mass is 358 g/mol. The van der Waals surface area contributed by atoms with Crippen LogP contribution in [0.1, 0.15) is 24.2 Å². The van der Waals surface area contributed by atoms with Crippen molar-refractivity contribution in [1.29, 1.82) is 0 Å². The molecule has 0 aliphatic carbocycles. The topological polar surface area (TPSA) is 78.9 Å². The van der Waals surface area contributed by atoms with Crippen molar-refractivity contribution in [2.24, 2.45) is 0 Å². The number of rotatable bonds is 7. The first-order chi connectivity index (χ1) is 9.99. The number of halogens is 1. The third kappa shape index (κ3) is 5.35. The fourth-order valence-electron chi connectivity index (χ4n) is 1.69. The van der Waals surface area contributed by atoms with Crippen LogP contribution in [0.15, 0.2) is 22.7 Å². The van der Waals surface area contributed by atoms with E-state index in [2.05, 4.69) is 21.2 Å². The van der Waals surface area contributed by atoms with E-state index in [0.29, 0.717) is 36.5 Å². The van der Waals surface area contributed by atoms with Crippen LogP contribution in [0, 0.1) is 0 Å². The molecule has 0 aliphatic rings. The van der Waals surface area contributed by atoms with Gasteiger partial charge in [0.05, 0.1) is 12.2 Å². The Balaban J connectivity index is 2.72. The smallest absolute Gasteiger partial charge is 0.336 e. The fourth-order valence-corrected chi connectivity index (χ4v) is 2.11. The number of carbonyl (C=O) groups is 2. The maximum atomic E-state index is 12.1. The Hall–Kier alpha value is -1.60. The summed E-state index contributed by atoms with van der Waals surface area (Å²) in [4.78, 5) is 24.8. The van der Waals surface area contributed by atoms with Crippen molar-refractivity contribution >= 4 is 33.6 Å². The minimum Gasteiger partial charge on any atom is -0.478 e. The first kappa shape index (κ1) is 17.5. The van der Waals surface area contributed by atoms with Crippen molar-refractivity contribution in [2.75, 3.05) is 31.6 Å². The Morgan fingerprint density at radius 2 is 2.10 bits per heavy atom. The number of ether oxygens (including phenoxy) is 1. The number of hydrogen-bond donors (Lipinski definition) is 2. The number of likely N-dealkylation sites (N-methyl/N-ethyl adjacent to an activating group) is 1. The zero-order valence-corrected chi connectivity index (χ0v) is 13.6. The zero-order chi connectivity index (χ0) is 15.8. The summed E-state index contributed by atoms with van der Waals surface area (Å²) in [5.74, 6) is -1.05. The average Bonchev–Trinajstić information content (AvgIpc) is 2.45. The van der Waals surface area contributed by atoms with Gasteiger partial charge < -0.3 is 20.1 Å². The van der Waals surface area contributed by atoms with Gasteiger partial charge in [0.25, 0.3) is 0 Å². The van der Waals surface area contributed by atoms with Crippen LogP contribution < -0.4 is 5.32 Å². The lowest BCUT2D eigenvalue weighted by Crippen LogP contribution is -2.37. The van der Waals surface area contributed by atoms with Crippen LogP contribution >= 0.6 is 15.9 Å². The largest absolute Gasteiger partial charge is 0.478 e. The number of nitrogens with one attached hydrogen (secondary N) is 1. The first-order valence-electron chi connectivity index (χ1n) is 6.66. The Kier molecular flexibility index (Phi) is 7.18. The predicted molar refractivity (Wildman–Crippen MR) is 83.9 cm³/mol. The van der Waals surface area contributed by atoms with E-state index in [4.69, 9.17) is 9.84 Å². The number of urea groups is 1. The molecule has 0 atom stereocenters. The van der Waals surface area contributed by atoms with E-state index in [1.54, 1.807) is 17.0 Å². The van der Waals surface area contributed by atoms with Gasteiger partial charge >= 0.3 is 12.0 Å². The van der Waals surface area contributed by atoms with E-state index in [1.165, 1.54) is 6.07 Å². The second-order valence-electron chi connectivity index (χ2n) is 4.21. The highest BCUT2D eigenvalue weighted by atomic mass is 79.9. The first-order valence-corrected chi connectivity index (χ1v) is 7.45. The maximum absolute atomic E-state index is 12.1. The highest BCUT2D eigenvalue weighted by Gasteiger charge is 2.14. The molecule has 0 radical (unpaired) electrons. The quantitative estimate of drug-likeness (QED) is 0.734. The number of carbonyl (C=O) groups excluding carboxylic acids is 1. The van der Waals surface area contributed by atoms with Gasteiger partial charge in [0, 0.05) is 29.9 Å². The molecule has 6 nitrogen and oxygen atoms in total. The molecule has 0 unspecified atom stereocenters. The van der Waals surface area contributed by atoms with Gasteiger partial charge in [0.15, 0.2) is 0 Å². The number of carboxylic acids is 1. The van der Waals surface area contributed by atoms with Gasteiger partial charge in [-0.3, -0.25) is 0 Å². The Morgan fingerprint density at radius 3 is 2.67 bits per heavy atom. The van der Waals surface area contributed by atoms with Gasteiger partial charge in [-0.25, -0.2) is 9.59 Å². The lowest BCUT2D eigenvalue weighted by Gasteiger charge is -2.21. The number of benzene rings is 1. The number of nitrogens with zero attached hydrogens (tertiary/aromatic N) is 1. The average molecular weight is 359 g/mol. The van der Waals surface area contributed by atoms with Crippen molar-refractivity contribution in [1.82, 2.24) is 4.90 Å². The molecule has 1 aromatic carbocycles. The van der Waals surface area contributed by atoms with E-state index < -0.39 is 5.97 Å². The van der Waals surface area contributed by atoms with Crippen LogP contribution in [0.5, 0.6) is 0 Å². The minimum atomic E-state index is -1.05. The molecule has 2 N–H and O–H groups in total. The van der Waals surface area contributed by atoms with Crippen LogP contribution in [-0.4, -0.2) is 48.3 Å². The number of aromatic carboxylic acids is 1. The molecule has 0 saturated carbocycles. The van der Waals surface area contributed by atoms with E-state index >= 15 is 0 Å². The molecule has 0 bridgehead atoms. The summed E-state index contributed by atoms with van der Waals surface area (Å²) in [6.45, 7) is 5.87. The normalized spacial score (nSPS) is 10.2. The molecule has 2 amide bonds. The lowest BCUT2D eigenvalue weighted by molar-refractivity contribution is 0.0696. The number of carboxylic acid groups (broad SMARTS) is 1. The molecule has 0 aromatic heterocycles. The standard InChI is InChI=1S/C14H19BrN2O4/c1-3-17(7-8-21-4-2)14(20)16-10-5-6-12(15)11(9-10)13(18)19/h5-6,9H,3-4,7-8H2,1-2H3,(H,16,20)(H,18,19). The van der Waals surface area contributed by atoms with E-state index in [0.717, 1.165) is 0 Å². The zero-order valence-electron chi connectivity index (χ0n) is 12.1. The lowest BCUT2D eigenvalue weighted by atomic mass is 10.2. The third-order valence-electron chi connectivity index (χ3n) is 2.83. The van der Waals surface area contributed by atoms with Crippen LogP contribution in [-0.2, 0) is 4.74 Å². The van der Waals surface area contributed by atoms with Gasteiger partial charge in [-0.15, -0.1) is 0 Å². The highest BCUT2D eigenvalue weighted by molar-refractivity contribution is 9.10. The number of amides is 2. The van der Waals surface area contributed by atoms with E-state index in [-0.39, 0.29) is 11.6 Å². The molecule has 116 valence electrons. The predicted octanol–water partition coefficient (Wildman–Crippen LogP) is 3.04. The van der Waals surface area contributed by atoms with Crippen LogP contribution in [0.4, 0.5) is 10.5 Å². The van der Waals surface area contributed by atoms with Crippen molar-refractivity contribution < 1.29 is 19.4 Å². The second-order valence-corrected chi connectivity index (χ2v) is 5.06. The molecule has 1 rings (SSSR count). The molecule has 0 spiro atoms. The summed E-state index contributed by atoms with van der Waals surface area (Å²) >= 11 is 3.16. The Bertz CT molecular complexity index is 508. The molecule has 1 aromatic rings. The summed E-state index contributed by atoms with van der Waals surface area (Å²) in [6.07, 6.45) is 0. The fraction of sp³-hybridized carbons (Fsp3) is 0.429. The molecule has 0 saturated heterocycles. The molecule has 21 heavy (non-hydrogen) atoms. The molecule has 7 heteroatoms. The highest BCUT2D eigenvalue weighted by Crippen LogP contribution is 2.21. The van der Waals surface area contributed by atoms with Crippen LogP contribution in [0.3, 0.4) is 0 Å². The van der Waals surface area contributed by atoms with Crippen molar-refractivity contribution in [3.8, 4) is 0 Å². The van der Waals surface area contributed by atoms with E-state index in [1.807, 2.05) is 13.8 Å². The molecule has 0 heterocycles. The van der Waals surface area contributed by atoms with Crippen LogP contribution in [0.25, 0.3) is 0 Å². The summed E-state index contributed by atoms with van der Waals surface area (Å²) < 4.78 is 5.70. The Morgan fingerprint density at radius 1 is 1.38 bits per heavy atom. The van der Waals surface area contributed by atoms with Crippen molar-refractivity contribution in [2.45, 2.75) is 13.8 Å². The molecule has 0 aliphatic heterocycles.